The van der Waals surface area contributed by atoms with Gasteiger partial charge in [0.1, 0.15) is 35.8 Å². The van der Waals surface area contributed by atoms with Crippen molar-refractivity contribution in [1.29, 1.82) is 5.26 Å². The van der Waals surface area contributed by atoms with Crippen molar-refractivity contribution >= 4 is 54.2 Å². The van der Waals surface area contributed by atoms with Crippen molar-refractivity contribution in [2.75, 3.05) is 32.8 Å². The Balaban J connectivity index is 1.14. The molecule has 1 aliphatic carbocycles. The molecule has 9 rings (SSSR count). The zero-order valence-corrected chi connectivity index (χ0v) is 47.1. The highest BCUT2D eigenvalue weighted by atomic mass is 31.2. The number of nitrogens with one attached hydrogen (secondary N) is 1. The lowest BCUT2D eigenvalue weighted by Gasteiger charge is -2.42. The lowest BCUT2D eigenvalue weighted by atomic mass is 9.78. The number of benzene rings is 5. The van der Waals surface area contributed by atoms with E-state index >= 15 is 0 Å². The maximum absolute atomic E-state index is 13.1. The van der Waals surface area contributed by atoms with Crippen LogP contribution in [-0.4, -0.2) is 106 Å². The van der Waals surface area contributed by atoms with Crippen LogP contribution in [0.1, 0.15) is 107 Å². The number of hydrogen-bond acceptors (Lipinski definition) is 18. The Morgan fingerprint density at radius 2 is 1.39 bits per heavy atom. The Kier molecular flexibility index (Phi) is 18.0. The zero-order chi connectivity index (χ0) is 56.7. The predicted octanol–water partition coefficient (Wildman–Crippen LogP) is 10.6. The second kappa shape index (κ2) is 25.3. The van der Waals surface area contributed by atoms with Gasteiger partial charge in [-0.05, 0) is 85.0 Å². The van der Waals surface area contributed by atoms with Gasteiger partial charge in [0.05, 0.1) is 58.4 Å². The van der Waals surface area contributed by atoms with Gasteiger partial charge >= 0.3 is 17.9 Å². The molecule has 5 aromatic carbocycles. The third-order valence-electron chi connectivity index (χ3n) is 14.1. The number of hydrogen-bond donors (Lipinski definition) is 1. The molecule has 1 N–H and O–H groups in total. The predicted molar refractivity (Wildman–Crippen MR) is 298 cm³/mol. The van der Waals surface area contributed by atoms with Gasteiger partial charge in [-0.2, -0.15) is 5.26 Å². The van der Waals surface area contributed by atoms with E-state index in [-0.39, 0.29) is 44.0 Å². The number of rotatable bonds is 22. The van der Waals surface area contributed by atoms with Crippen molar-refractivity contribution in [3.63, 3.8) is 0 Å². The van der Waals surface area contributed by atoms with E-state index in [1.54, 1.807) is 20.5 Å². The Morgan fingerprint density at radius 1 is 0.775 bits per heavy atom. The molecule has 1 aliphatic heterocycles. The van der Waals surface area contributed by atoms with Gasteiger partial charge in [0, 0.05) is 44.8 Å². The molecular formula is C60H66N7O12P. The molecule has 3 heterocycles. The topological polar surface area (TPSA) is 217 Å². The van der Waals surface area contributed by atoms with E-state index in [2.05, 4.69) is 43.8 Å². The van der Waals surface area contributed by atoms with Gasteiger partial charge < -0.3 is 47.5 Å². The maximum Gasteiger partial charge on any atom is 0.303 e. The lowest BCUT2D eigenvalue weighted by Crippen LogP contribution is -2.49. The zero-order valence-electron chi connectivity index (χ0n) is 46.2. The van der Waals surface area contributed by atoms with E-state index < -0.39 is 74.8 Å². The summed E-state index contributed by atoms with van der Waals surface area (Å²) < 4.78 is 61.4. The second-order valence-electron chi connectivity index (χ2n) is 20.0. The first-order chi connectivity index (χ1) is 38.6. The highest BCUT2D eigenvalue weighted by Crippen LogP contribution is 2.52. The summed E-state index contributed by atoms with van der Waals surface area (Å²) in [5.41, 5.74) is 3.25. The number of carbonyl (C=O) groups excluding carboxylic acids is 3. The number of methoxy groups -OCH3 is 2. The first kappa shape index (κ1) is 57.1. The summed E-state index contributed by atoms with van der Waals surface area (Å²) in [6.45, 7) is 12.3. The molecule has 1 saturated heterocycles. The van der Waals surface area contributed by atoms with Gasteiger partial charge in [0.25, 0.3) is 8.53 Å². The molecule has 8 atom stereocenters. The van der Waals surface area contributed by atoms with Crippen molar-refractivity contribution < 1.29 is 56.6 Å². The number of nitrogens with zero attached hydrogens (tertiary/aromatic N) is 6. The number of esters is 3. The van der Waals surface area contributed by atoms with Gasteiger partial charge in [-0.3, -0.25) is 19.0 Å². The quantitative estimate of drug-likeness (QED) is 0.0219. The molecule has 0 radical (unpaired) electrons. The van der Waals surface area contributed by atoms with E-state index in [1.165, 1.54) is 27.1 Å². The minimum Gasteiger partial charge on any atom is -0.497 e. The Labute approximate surface area is 466 Å². The van der Waals surface area contributed by atoms with Crippen LogP contribution in [0, 0.1) is 11.3 Å². The normalized spacial score (nSPS) is 20.3. The minimum absolute atomic E-state index is 0.0116. The minimum atomic E-state index is -1.76. The molecular weight excluding hydrogens is 1040 g/mol. The van der Waals surface area contributed by atoms with Crippen LogP contribution in [0.4, 0.5) is 5.82 Å². The standard InChI is InChI=1S/C60H66N7O12P/c1-36(2)67(37(3)4)80(74-31-15-30-61)79-49-32-51(78-50(49)33-73-60(42-17-11-10-12-18-42,43-21-25-45(71-8)26-22-43)44-23-27-46(72-9)28-24-44)66-35-64-54-58(62-34-63-59(54)66)65-53-52-47-19-14-13-16-41(47)20-29-48(52)55(75-38(5)68)57(77-40(7)70)56(53)76-39(6)69/h10-14,16-29,34-37,49-51,53,55-57H,15,31-33H2,1-9H3,(H,62,63,65)/t49-,50+,51+,53-,55+,56+,57-,80?/m0/s1. The van der Waals surface area contributed by atoms with Crippen LogP contribution in [0.3, 0.4) is 0 Å². The van der Waals surface area contributed by atoms with Gasteiger partial charge in [0.15, 0.2) is 35.3 Å². The summed E-state index contributed by atoms with van der Waals surface area (Å²) in [4.78, 5) is 53.0. The average Bonchev–Trinajstić information content (AvgIpc) is 4.16. The maximum atomic E-state index is 13.1. The van der Waals surface area contributed by atoms with Gasteiger partial charge in [0.2, 0.25) is 0 Å². The van der Waals surface area contributed by atoms with E-state index in [0.717, 1.165) is 27.5 Å². The Bertz CT molecular complexity index is 3260. The molecule has 0 spiro atoms. The molecule has 7 aromatic rings. The van der Waals surface area contributed by atoms with Crippen molar-refractivity contribution in [2.24, 2.45) is 0 Å². The van der Waals surface area contributed by atoms with Gasteiger partial charge in [-0.25, -0.2) is 19.6 Å². The molecule has 0 saturated carbocycles. The summed E-state index contributed by atoms with van der Waals surface area (Å²) in [6, 6.07) is 38.2. The fraction of sp³-hybridized carbons (Fsp3) is 0.383. The fourth-order valence-corrected chi connectivity index (χ4v) is 12.6. The number of imidazole rings is 1. The highest BCUT2D eigenvalue weighted by molar-refractivity contribution is 7.44. The van der Waals surface area contributed by atoms with E-state index in [9.17, 15) is 19.6 Å². The number of fused-ring (bicyclic) bond motifs is 4. The summed E-state index contributed by atoms with van der Waals surface area (Å²) in [5, 5.41) is 14.8. The summed E-state index contributed by atoms with van der Waals surface area (Å²) in [7, 11) is 1.50. The molecule has 0 bridgehead atoms. The van der Waals surface area contributed by atoms with Crippen molar-refractivity contribution in [2.45, 2.75) is 122 Å². The molecule has 80 heavy (non-hydrogen) atoms. The highest BCUT2D eigenvalue weighted by Gasteiger charge is 2.51. The molecule has 20 heteroatoms. The summed E-state index contributed by atoms with van der Waals surface area (Å²) >= 11 is 0. The Hall–Kier alpha value is -7.56. The van der Waals surface area contributed by atoms with Crippen LogP contribution in [0.5, 0.6) is 11.5 Å². The molecule has 1 unspecified atom stereocenters. The van der Waals surface area contributed by atoms with Gasteiger partial charge in [-0.15, -0.1) is 0 Å². The Morgan fingerprint density at radius 3 is 2.00 bits per heavy atom. The largest absolute Gasteiger partial charge is 0.497 e. The number of carbonyl (C=O) groups is 3. The van der Waals surface area contributed by atoms with E-state index in [4.69, 9.17) is 57.2 Å². The average molecular weight is 1110 g/mol. The van der Waals surface area contributed by atoms with E-state index in [0.29, 0.717) is 33.8 Å². The number of ether oxygens (including phenoxy) is 7. The van der Waals surface area contributed by atoms with Crippen LogP contribution in [0.2, 0.25) is 0 Å². The SMILES string of the molecule is COc1ccc(C(OC[C@H]2O[C@@H](n3cnc4c(N[C@H]5c6c(ccc7ccccc67)[C@@H](OC(C)=O)[C@H](OC(C)=O)[C@@H]5OC(C)=O)ncnc43)C[C@@H]2OP(OCCC#N)N(C(C)C)C(C)C)(c2ccccc2)c2ccc(OC)cc2)cc1. The van der Waals surface area contributed by atoms with Crippen molar-refractivity contribution in [1.82, 2.24) is 24.2 Å². The van der Waals surface area contributed by atoms with Crippen LogP contribution in [0.15, 0.2) is 128 Å². The van der Waals surface area contributed by atoms with Gasteiger partial charge in [-0.1, -0.05) is 91.0 Å². The fourth-order valence-electron chi connectivity index (χ4n) is 10.9. The summed E-state index contributed by atoms with van der Waals surface area (Å²) in [5.74, 6) is -0.330. The monoisotopic (exact) mass is 1110 g/mol. The van der Waals surface area contributed by atoms with Crippen molar-refractivity contribution in [3.05, 3.63) is 156 Å². The third-order valence-corrected chi connectivity index (χ3v) is 16.3. The summed E-state index contributed by atoms with van der Waals surface area (Å²) in [6.07, 6.45) is -2.26. The number of anilines is 1. The molecule has 2 aliphatic rings. The second-order valence-corrected chi connectivity index (χ2v) is 21.4. The third kappa shape index (κ3) is 12.0. The number of nitriles is 1. The first-order valence-corrected chi connectivity index (χ1v) is 27.6. The van der Waals surface area contributed by atoms with Crippen molar-refractivity contribution in [3.8, 4) is 17.6 Å². The number of aromatic nitrogens is 4. The smallest absolute Gasteiger partial charge is 0.303 e. The molecule has 19 nitrogen and oxygen atoms in total. The van der Waals surface area contributed by atoms with Crippen LogP contribution < -0.4 is 14.8 Å². The molecule has 1 fully saturated rings. The molecule has 0 amide bonds. The van der Waals surface area contributed by atoms with Crippen LogP contribution in [-0.2, 0) is 52.7 Å². The lowest BCUT2D eigenvalue weighted by molar-refractivity contribution is -0.187. The first-order valence-electron chi connectivity index (χ1n) is 26.5. The molecule has 418 valence electrons. The van der Waals surface area contributed by atoms with Crippen LogP contribution >= 0.6 is 8.53 Å². The van der Waals surface area contributed by atoms with E-state index in [1.807, 2.05) is 120 Å². The molecule has 2 aromatic heterocycles. The van der Waals surface area contributed by atoms with Crippen LogP contribution in [0.25, 0.3) is 21.9 Å².